The number of rotatable bonds is 1. The first-order valence-electron chi connectivity index (χ1n) is 4.97. The van der Waals surface area contributed by atoms with Crippen molar-refractivity contribution >= 4 is 28.8 Å². The monoisotopic (exact) mass is 294 g/mol. The van der Waals surface area contributed by atoms with Gasteiger partial charge < -0.3 is 4.90 Å². The van der Waals surface area contributed by atoms with Gasteiger partial charge in [-0.05, 0) is 19.3 Å². The van der Waals surface area contributed by atoms with E-state index in [0.29, 0.717) is 11.8 Å². The lowest BCUT2D eigenvalue weighted by molar-refractivity contribution is -0.140. The number of halogens is 1. The zero-order chi connectivity index (χ0) is 9.26. The zero-order valence-corrected chi connectivity index (χ0v) is 9.87. The summed E-state index contributed by atoms with van der Waals surface area (Å²) in [5.41, 5.74) is 0. The van der Waals surface area contributed by atoms with Crippen molar-refractivity contribution in [3.63, 3.8) is 0 Å². The second kappa shape index (κ2) is 4.13. The Balaban J connectivity index is 1.83. The van der Waals surface area contributed by atoms with Crippen LogP contribution >= 0.6 is 22.9 Å². The Kier molecular flexibility index (Phi) is 3.08. The van der Waals surface area contributed by atoms with Crippen molar-refractivity contribution in [3.05, 3.63) is 0 Å². The maximum atomic E-state index is 11.8. The second-order valence-electron chi connectivity index (χ2n) is 3.86. The molecule has 13 heavy (non-hydrogen) atoms. The van der Waals surface area contributed by atoms with E-state index in [9.17, 15) is 4.79 Å². The number of hydrogen-bond donors (Lipinski definition) is 0. The summed E-state index contributed by atoms with van der Waals surface area (Å²) in [5.74, 6) is 0.738. The summed E-state index contributed by atoms with van der Waals surface area (Å²) in [6, 6.07) is 0. The molecule has 2 saturated heterocycles. The molecule has 3 nitrogen and oxygen atoms in total. The molecule has 0 aromatic rings. The van der Waals surface area contributed by atoms with Gasteiger partial charge in [-0.1, -0.05) is 0 Å². The van der Waals surface area contributed by atoms with Gasteiger partial charge in [-0.3, -0.25) is 4.79 Å². The van der Waals surface area contributed by atoms with Gasteiger partial charge in [0.15, 0.2) is 0 Å². The minimum Gasteiger partial charge on any atom is -0.342 e. The van der Waals surface area contributed by atoms with Crippen molar-refractivity contribution in [2.24, 2.45) is 5.92 Å². The molecule has 0 spiro atoms. The average Bonchev–Trinajstić information content (AvgIpc) is 2.02. The third kappa shape index (κ3) is 2.15. The van der Waals surface area contributed by atoms with Crippen molar-refractivity contribution in [1.82, 2.24) is 8.01 Å². The Hall–Kier alpha value is 0.160. The van der Waals surface area contributed by atoms with Gasteiger partial charge in [-0.25, -0.2) is 3.11 Å². The van der Waals surface area contributed by atoms with E-state index in [1.54, 1.807) is 0 Å². The SMILES string of the molecule is O=C(C1CCN(I)CC1)N1CCC1. The molecule has 0 radical (unpaired) electrons. The maximum Gasteiger partial charge on any atom is 0.225 e. The standard InChI is InChI=1S/C9H15IN2O/c10-12-6-2-8(3-7-12)9(13)11-4-1-5-11/h8H,1-7H2. The summed E-state index contributed by atoms with van der Waals surface area (Å²) >= 11 is 2.34. The molecule has 0 unspecified atom stereocenters. The van der Waals surface area contributed by atoms with Crippen LogP contribution in [0.1, 0.15) is 19.3 Å². The van der Waals surface area contributed by atoms with Gasteiger partial charge in [-0.2, -0.15) is 0 Å². The smallest absolute Gasteiger partial charge is 0.225 e. The number of carbonyl (C=O) groups is 1. The van der Waals surface area contributed by atoms with Crippen LogP contribution in [0.5, 0.6) is 0 Å². The average molecular weight is 294 g/mol. The molecule has 2 aliphatic heterocycles. The van der Waals surface area contributed by atoms with Crippen LogP contribution in [-0.4, -0.2) is 40.1 Å². The third-order valence-electron chi connectivity index (χ3n) is 2.96. The fourth-order valence-corrected chi connectivity index (χ4v) is 2.45. The van der Waals surface area contributed by atoms with E-state index in [-0.39, 0.29) is 0 Å². The van der Waals surface area contributed by atoms with Gasteiger partial charge in [-0.15, -0.1) is 0 Å². The van der Waals surface area contributed by atoms with Gasteiger partial charge in [0.25, 0.3) is 0 Å². The van der Waals surface area contributed by atoms with Gasteiger partial charge in [0.1, 0.15) is 0 Å². The molecule has 0 aromatic heterocycles. The fourth-order valence-electron chi connectivity index (χ4n) is 1.89. The van der Waals surface area contributed by atoms with E-state index >= 15 is 0 Å². The molecule has 0 N–H and O–H groups in total. The molecule has 0 aromatic carbocycles. The molecule has 0 saturated carbocycles. The van der Waals surface area contributed by atoms with Gasteiger partial charge in [0.05, 0.1) is 0 Å². The highest BCUT2D eigenvalue weighted by Crippen LogP contribution is 2.23. The van der Waals surface area contributed by atoms with Crippen molar-refractivity contribution in [2.75, 3.05) is 26.2 Å². The van der Waals surface area contributed by atoms with Crippen molar-refractivity contribution in [3.8, 4) is 0 Å². The summed E-state index contributed by atoms with van der Waals surface area (Å²) < 4.78 is 2.28. The summed E-state index contributed by atoms with van der Waals surface area (Å²) in [4.78, 5) is 13.8. The Labute approximate surface area is 92.9 Å². The number of amides is 1. The third-order valence-corrected chi connectivity index (χ3v) is 3.92. The molecular formula is C9H15IN2O. The van der Waals surface area contributed by atoms with E-state index in [2.05, 4.69) is 26.0 Å². The highest BCUT2D eigenvalue weighted by molar-refractivity contribution is 14.1. The largest absolute Gasteiger partial charge is 0.342 e. The highest BCUT2D eigenvalue weighted by Gasteiger charge is 2.30. The first-order chi connectivity index (χ1) is 6.27. The number of carbonyl (C=O) groups excluding carboxylic acids is 1. The van der Waals surface area contributed by atoms with Crippen LogP contribution < -0.4 is 0 Å². The molecule has 1 amide bonds. The van der Waals surface area contributed by atoms with Crippen LogP contribution in [0.4, 0.5) is 0 Å². The van der Waals surface area contributed by atoms with E-state index in [4.69, 9.17) is 0 Å². The molecule has 4 heteroatoms. The molecule has 0 bridgehead atoms. The van der Waals surface area contributed by atoms with Gasteiger partial charge >= 0.3 is 0 Å². The minimum atomic E-state index is 0.325. The van der Waals surface area contributed by atoms with Crippen LogP contribution in [0.3, 0.4) is 0 Å². The summed E-state index contributed by atoms with van der Waals surface area (Å²) in [7, 11) is 0. The predicted octanol–water partition coefficient (Wildman–Crippen LogP) is 1.28. The quantitative estimate of drug-likeness (QED) is 0.537. The Bertz CT molecular complexity index is 198. The summed E-state index contributed by atoms with van der Waals surface area (Å²) in [5, 5.41) is 0. The van der Waals surface area contributed by atoms with Gasteiger partial charge in [0.2, 0.25) is 5.91 Å². The van der Waals surface area contributed by atoms with Crippen LogP contribution in [0.25, 0.3) is 0 Å². The maximum absolute atomic E-state index is 11.8. The number of nitrogens with zero attached hydrogens (tertiary/aromatic N) is 2. The van der Waals surface area contributed by atoms with E-state index in [0.717, 1.165) is 39.0 Å². The lowest BCUT2D eigenvalue weighted by atomic mass is 9.95. The number of piperidine rings is 1. The molecule has 2 aliphatic rings. The van der Waals surface area contributed by atoms with E-state index in [1.165, 1.54) is 6.42 Å². The van der Waals surface area contributed by atoms with Crippen LogP contribution in [0.15, 0.2) is 0 Å². The van der Waals surface area contributed by atoms with Crippen molar-refractivity contribution in [1.29, 1.82) is 0 Å². The first kappa shape index (κ1) is 9.71. The van der Waals surface area contributed by atoms with Gasteiger partial charge in [0, 0.05) is 55.0 Å². The van der Waals surface area contributed by atoms with Crippen LogP contribution in [-0.2, 0) is 4.79 Å². The fraction of sp³-hybridized carbons (Fsp3) is 0.889. The van der Waals surface area contributed by atoms with Crippen LogP contribution in [0, 0.1) is 5.92 Å². The molecule has 0 aliphatic carbocycles. The number of likely N-dealkylation sites (tertiary alicyclic amines) is 1. The van der Waals surface area contributed by atoms with Crippen molar-refractivity contribution in [2.45, 2.75) is 19.3 Å². The van der Waals surface area contributed by atoms with Crippen molar-refractivity contribution < 1.29 is 4.79 Å². The summed E-state index contributed by atoms with van der Waals surface area (Å²) in [6.07, 6.45) is 3.31. The van der Waals surface area contributed by atoms with E-state index < -0.39 is 0 Å². The molecule has 2 rings (SSSR count). The zero-order valence-electron chi connectivity index (χ0n) is 7.71. The molecule has 0 atom stereocenters. The lowest BCUT2D eigenvalue weighted by Crippen LogP contribution is -2.47. The molecule has 74 valence electrons. The topological polar surface area (TPSA) is 23.6 Å². The Morgan fingerprint density at radius 2 is 1.77 bits per heavy atom. The predicted molar refractivity (Wildman–Crippen MR) is 59.5 cm³/mol. The molecular weight excluding hydrogens is 279 g/mol. The second-order valence-corrected chi connectivity index (χ2v) is 5.23. The summed E-state index contributed by atoms with van der Waals surface area (Å²) in [6.45, 7) is 4.15. The Morgan fingerprint density at radius 1 is 1.15 bits per heavy atom. The molecule has 2 heterocycles. The molecule has 2 fully saturated rings. The number of hydrogen-bond acceptors (Lipinski definition) is 2. The Morgan fingerprint density at radius 3 is 2.23 bits per heavy atom. The lowest BCUT2D eigenvalue weighted by Gasteiger charge is -2.36. The minimum absolute atomic E-state index is 0.325. The van der Waals surface area contributed by atoms with Crippen LogP contribution in [0.2, 0.25) is 0 Å². The highest BCUT2D eigenvalue weighted by atomic mass is 127. The van der Waals surface area contributed by atoms with E-state index in [1.807, 2.05) is 4.90 Å². The first-order valence-corrected chi connectivity index (χ1v) is 5.93. The normalized spacial score (nSPS) is 25.8.